The van der Waals surface area contributed by atoms with Gasteiger partial charge in [0.2, 0.25) is 0 Å². The number of hydrogen-bond donors (Lipinski definition) is 0. The second-order valence-electron chi connectivity index (χ2n) is 24.6. The smallest absolute Gasteiger partial charge is 0.179 e. The molecular formula is C90H60N2OSi. The first-order chi connectivity index (χ1) is 46.6. The molecule has 440 valence electrons. The zero-order valence-corrected chi connectivity index (χ0v) is 52.4. The molecule has 15 aromatic carbocycles. The topological polar surface area (TPSA) is 23.0 Å². The van der Waals surface area contributed by atoms with Gasteiger partial charge in [-0.2, -0.15) is 0 Å². The van der Waals surface area contributed by atoms with Crippen molar-refractivity contribution in [2.24, 2.45) is 0 Å². The van der Waals surface area contributed by atoms with Gasteiger partial charge in [0.05, 0.1) is 27.8 Å². The molecule has 3 aromatic heterocycles. The van der Waals surface area contributed by atoms with Gasteiger partial charge in [0.25, 0.3) is 0 Å². The van der Waals surface area contributed by atoms with Crippen LogP contribution < -0.4 is 20.7 Å². The van der Waals surface area contributed by atoms with Crippen LogP contribution >= 0.6 is 0 Å². The number of hydrogen-bond acceptors (Lipinski definition) is 1. The molecule has 0 atom stereocenters. The summed E-state index contributed by atoms with van der Waals surface area (Å²) < 4.78 is 11.4. The Balaban J connectivity index is 0.906. The van der Waals surface area contributed by atoms with Crippen LogP contribution in [0.15, 0.2) is 368 Å². The second kappa shape index (κ2) is 22.7. The van der Waals surface area contributed by atoms with E-state index in [0.29, 0.717) is 0 Å². The van der Waals surface area contributed by atoms with Crippen molar-refractivity contribution in [3.05, 3.63) is 364 Å². The van der Waals surface area contributed by atoms with Crippen LogP contribution in [0.2, 0.25) is 0 Å². The van der Waals surface area contributed by atoms with Crippen LogP contribution in [0, 0.1) is 0 Å². The highest BCUT2D eigenvalue weighted by Gasteiger charge is 2.43. The third-order valence-corrected chi connectivity index (χ3v) is 24.2. The van der Waals surface area contributed by atoms with E-state index in [0.717, 1.165) is 94.3 Å². The monoisotopic (exact) mass is 1210 g/mol. The van der Waals surface area contributed by atoms with E-state index in [4.69, 9.17) is 4.42 Å². The third-order valence-electron chi connectivity index (χ3n) is 19.4. The Bertz CT molecular complexity index is 5730. The normalized spacial score (nSPS) is 11.8. The summed E-state index contributed by atoms with van der Waals surface area (Å²) in [6, 6.07) is 135. The van der Waals surface area contributed by atoms with Gasteiger partial charge in [0.15, 0.2) is 8.07 Å². The molecule has 18 aromatic rings. The van der Waals surface area contributed by atoms with Crippen molar-refractivity contribution >= 4 is 94.4 Å². The minimum atomic E-state index is -3.34. The maximum Gasteiger partial charge on any atom is 0.179 e. The zero-order chi connectivity index (χ0) is 62.1. The van der Waals surface area contributed by atoms with E-state index >= 15 is 0 Å². The van der Waals surface area contributed by atoms with Gasteiger partial charge in [-0.15, -0.1) is 0 Å². The van der Waals surface area contributed by atoms with E-state index in [-0.39, 0.29) is 0 Å². The van der Waals surface area contributed by atoms with Crippen LogP contribution in [0.5, 0.6) is 0 Å². The molecule has 0 amide bonds. The lowest BCUT2D eigenvalue weighted by molar-refractivity contribution is 0.669. The lowest BCUT2D eigenvalue weighted by Gasteiger charge is -2.36. The van der Waals surface area contributed by atoms with E-state index in [9.17, 15) is 0 Å². The molecule has 0 spiro atoms. The molecule has 0 aliphatic carbocycles. The Labute approximate surface area is 546 Å². The Morgan fingerprint density at radius 2 is 0.660 bits per heavy atom. The summed E-state index contributed by atoms with van der Waals surface area (Å²) in [6.07, 6.45) is 0. The Morgan fingerprint density at radius 3 is 1.27 bits per heavy atom. The van der Waals surface area contributed by atoms with Crippen molar-refractivity contribution in [1.29, 1.82) is 0 Å². The van der Waals surface area contributed by atoms with Gasteiger partial charge in [-0.3, -0.25) is 0 Å². The van der Waals surface area contributed by atoms with Crippen molar-refractivity contribution in [3.63, 3.8) is 0 Å². The molecular weight excluding hydrogens is 1150 g/mol. The highest BCUT2D eigenvalue weighted by Crippen LogP contribution is 2.46. The van der Waals surface area contributed by atoms with Crippen LogP contribution in [0.1, 0.15) is 0 Å². The summed E-state index contributed by atoms with van der Waals surface area (Å²) in [4.78, 5) is 0. The molecule has 18 rings (SSSR count). The molecule has 0 unspecified atom stereocenters. The largest absolute Gasteiger partial charge is 0.456 e. The quantitative estimate of drug-likeness (QED) is 0.0883. The van der Waals surface area contributed by atoms with Crippen LogP contribution in [0.3, 0.4) is 0 Å². The first kappa shape index (κ1) is 54.8. The van der Waals surface area contributed by atoms with E-state index in [2.05, 4.69) is 367 Å². The van der Waals surface area contributed by atoms with Gasteiger partial charge < -0.3 is 13.6 Å². The van der Waals surface area contributed by atoms with Gasteiger partial charge in [-0.25, -0.2) is 0 Å². The van der Waals surface area contributed by atoms with Gasteiger partial charge in [-0.05, 0) is 125 Å². The van der Waals surface area contributed by atoms with Crippen molar-refractivity contribution < 1.29 is 4.42 Å². The number of nitrogens with zero attached hydrogens (tertiary/aromatic N) is 2. The molecule has 0 saturated heterocycles. The van der Waals surface area contributed by atoms with Gasteiger partial charge >= 0.3 is 0 Å². The SMILES string of the molecule is c1ccc(-c2cc(-c3ccccc3)cc([Si](c3ccccc3)(c3ccccc3)c3cc(-c4ccccc4)c(-n4c5ccccc5c5cc(-n6c7ccccc7c7cccc(-c8ccccc8-c8ccc9oc%10ccccc%10c9c8)c76)ccc54)c(-c4ccccc4)c3)c2)cc1. The third kappa shape index (κ3) is 8.94. The van der Waals surface area contributed by atoms with Crippen molar-refractivity contribution in [2.75, 3.05) is 0 Å². The van der Waals surface area contributed by atoms with Crippen LogP contribution in [-0.2, 0) is 0 Å². The lowest BCUT2D eigenvalue weighted by Crippen LogP contribution is -2.74. The number of furan rings is 1. The van der Waals surface area contributed by atoms with Crippen molar-refractivity contribution in [3.8, 4) is 78.1 Å². The molecule has 0 fully saturated rings. The van der Waals surface area contributed by atoms with Gasteiger partial charge in [0, 0.05) is 54.7 Å². The summed E-state index contributed by atoms with van der Waals surface area (Å²) in [5.74, 6) is 0. The van der Waals surface area contributed by atoms with E-state index in [1.807, 2.05) is 6.07 Å². The zero-order valence-electron chi connectivity index (χ0n) is 51.4. The van der Waals surface area contributed by atoms with Gasteiger partial charge in [-0.1, -0.05) is 309 Å². The average Bonchev–Trinajstić information content (AvgIpc) is 1.15. The molecule has 0 aliphatic rings. The highest BCUT2D eigenvalue weighted by atomic mass is 28.3. The Morgan fingerprint density at radius 1 is 0.213 bits per heavy atom. The molecule has 0 radical (unpaired) electrons. The number of para-hydroxylation sites is 4. The first-order valence-corrected chi connectivity index (χ1v) is 34.4. The molecule has 0 saturated carbocycles. The fourth-order valence-corrected chi connectivity index (χ4v) is 20.1. The average molecular weight is 1210 g/mol. The highest BCUT2D eigenvalue weighted by molar-refractivity contribution is 7.20. The Hall–Kier alpha value is -12.1. The standard InChI is InChI=1S/C90H60N2OSi/c1-7-28-61(29-8-1)66-54-67(62-30-9-2-10-31-62)56-71(55-66)94(69-36-15-5-16-37-69,70-38-17-6-18-39-70)72-59-80(63-32-11-3-12-33-63)90(81(60-72)64-34-13-4-14-35-64)92-85-48-25-22-43-76(85)82-58-68(51-52-86(82)92)91-84-47-24-21-42-75(84)79-46-27-45-78(89(79)91)74-41-20-19-40-73(74)65-50-53-88-83(57-65)77-44-23-26-49-87(77)93-88/h1-60H. The Kier molecular flexibility index (Phi) is 13.2. The van der Waals surface area contributed by atoms with Crippen molar-refractivity contribution in [1.82, 2.24) is 9.13 Å². The second-order valence-corrected chi connectivity index (χ2v) is 28.4. The molecule has 4 heteroatoms. The fourth-order valence-electron chi connectivity index (χ4n) is 15.3. The molecule has 94 heavy (non-hydrogen) atoms. The predicted octanol–water partition coefficient (Wildman–Crippen LogP) is 21.2. The fraction of sp³-hybridized carbons (Fsp3) is 0. The van der Waals surface area contributed by atoms with Crippen LogP contribution in [0.4, 0.5) is 0 Å². The number of rotatable bonds is 12. The number of benzene rings is 15. The first-order valence-electron chi connectivity index (χ1n) is 32.4. The number of fused-ring (bicyclic) bond motifs is 9. The molecule has 0 bridgehead atoms. The van der Waals surface area contributed by atoms with E-state index in [1.54, 1.807) is 0 Å². The van der Waals surface area contributed by atoms with Crippen LogP contribution in [-0.4, -0.2) is 17.2 Å². The summed E-state index contributed by atoms with van der Waals surface area (Å²) >= 11 is 0. The van der Waals surface area contributed by atoms with Crippen molar-refractivity contribution in [2.45, 2.75) is 0 Å². The summed E-state index contributed by atoms with van der Waals surface area (Å²) in [5, 5.41) is 12.2. The van der Waals surface area contributed by atoms with E-state index in [1.165, 1.54) is 70.1 Å². The molecule has 0 N–H and O–H groups in total. The maximum atomic E-state index is 6.34. The number of aromatic nitrogens is 2. The summed E-state index contributed by atoms with van der Waals surface area (Å²) in [7, 11) is -3.34. The maximum absolute atomic E-state index is 6.34. The summed E-state index contributed by atoms with van der Waals surface area (Å²) in [5.41, 5.74) is 22.5. The lowest BCUT2D eigenvalue weighted by atomic mass is 9.92. The molecule has 3 nitrogen and oxygen atoms in total. The van der Waals surface area contributed by atoms with Crippen LogP contribution in [0.25, 0.3) is 144 Å². The van der Waals surface area contributed by atoms with E-state index < -0.39 is 8.07 Å². The predicted molar refractivity (Wildman–Crippen MR) is 399 cm³/mol. The molecule has 3 heterocycles. The molecule has 0 aliphatic heterocycles. The van der Waals surface area contributed by atoms with Gasteiger partial charge in [0.1, 0.15) is 11.2 Å². The minimum Gasteiger partial charge on any atom is -0.456 e. The summed E-state index contributed by atoms with van der Waals surface area (Å²) in [6.45, 7) is 0. The minimum absolute atomic E-state index is 0.888.